The Morgan fingerprint density at radius 1 is 1.35 bits per heavy atom. The molecule has 0 atom stereocenters. The summed E-state index contributed by atoms with van der Waals surface area (Å²) in [7, 11) is 0. The summed E-state index contributed by atoms with van der Waals surface area (Å²) < 4.78 is 0.830. The highest BCUT2D eigenvalue weighted by Gasteiger charge is 2.12. The molecule has 0 saturated carbocycles. The second-order valence-corrected chi connectivity index (χ2v) is 5.56. The van der Waals surface area contributed by atoms with E-state index >= 15 is 0 Å². The van der Waals surface area contributed by atoms with Gasteiger partial charge in [0.05, 0.1) is 9.95 Å². The van der Waals surface area contributed by atoms with Crippen molar-refractivity contribution in [1.82, 2.24) is 0 Å². The molecule has 0 amide bonds. The number of nitrogens with zero attached hydrogens (tertiary/aromatic N) is 1. The molecule has 6 heteroatoms. The van der Waals surface area contributed by atoms with Gasteiger partial charge in [0.1, 0.15) is 0 Å². The molecule has 1 N–H and O–H groups in total. The van der Waals surface area contributed by atoms with E-state index < -0.39 is 0 Å². The first-order valence-electron chi connectivity index (χ1n) is 5.91. The number of rotatable bonds is 4. The third kappa shape index (κ3) is 3.29. The van der Waals surface area contributed by atoms with E-state index in [1.165, 1.54) is 6.07 Å². The first-order chi connectivity index (χ1) is 9.49. The molecule has 104 valence electrons. The fourth-order valence-corrected chi connectivity index (χ4v) is 2.29. The number of hydrogen-bond donors (Lipinski definition) is 1. The van der Waals surface area contributed by atoms with E-state index in [1.54, 1.807) is 19.1 Å². The molecule has 0 aliphatic carbocycles. The zero-order valence-corrected chi connectivity index (χ0v) is 13.0. The third-order valence-electron chi connectivity index (χ3n) is 3.02. The highest BCUT2D eigenvalue weighted by Crippen LogP contribution is 2.26. The lowest BCUT2D eigenvalue weighted by Crippen LogP contribution is -2.03. The van der Waals surface area contributed by atoms with Crippen molar-refractivity contribution in [3.8, 4) is 0 Å². The smallest absolute Gasteiger partial charge is 0.272 e. The predicted molar refractivity (Wildman–Crippen MR) is 84.3 cm³/mol. The Morgan fingerprint density at radius 2 is 2.10 bits per heavy atom. The molecule has 0 aromatic heterocycles. The van der Waals surface area contributed by atoms with Crippen LogP contribution in [0.4, 0.5) is 11.4 Å². The lowest BCUT2D eigenvalue weighted by Gasteiger charge is -2.10. The van der Waals surface area contributed by atoms with Gasteiger partial charge < -0.3 is 5.32 Å². The maximum absolute atomic E-state index is 10.9. The number of benzene rings is 2. The van der Waals surface area contributed by atoms with Crippen molar-refractivity contribution in [1.29, 1.82) is 0 Å². The second-order valence-electron chi connectivity index (χ2n) is 4.30. The number of nitrogens with one attached hydrogen (secondary N) is 1. The average molecular weight is 356 g/mol. The highest BCUT2D eigenvalue weighted by molar-refractivity contribution is 9.10. The van der Waals surface area contributed by atoms with Crippen molar-refractivity contribution in [2.45, 2.75) is 13.5 Å². The van der Waals surface area contributed by atoms with Crippen LogP contribution < -0.4 is 5.32 Å². The summed E-state index contributed by atoms with van der Waals surface area (Å²) >= 11 is 9.35. The normalized spacial score (nSPS) is 10.3. The van der Waals surface area contributed by atoms with Gasteiger partial charge in [-0.3, -0.25) is 10.1 Å². The Morgan fingerprint density at radius 3 is 2.75 bits per heavy atom. The monoisotopic (exact) mass is 354 g/mol. The fraction of sp³-hybridized carbons (Fsp3) is 0.143. The van der Waals surface area contributed by atoms with Gasteiger partial charge in [-0.1, -0.05) is 23.7 Å². The molecular formula is C14H12BrClN2O2. The molecule has 0 aliphatic rings. The van der Waals surface area contributed by atoms with Crippen LogP contribution in [0.1, 0.15) is 11.1 Å². The summed E-state index contributed by atoms with van der Waals surface area (Å²) in [6.07, 6.45) is 0. The molecule has 0 fully saturated rings. The van der Waals surface area contributed by atoms with E-state index in [2.05, 4.69) is 21.2 Å². The van der Waals surface area contributed by atoms with Crippen molar-refractivity contribution < 1.29 is 4.92 Å². The maximum Gasteiger partial charge on any atom is 0.272 e. The molecule has 2 aromatic carbocycles. The minimum Gasteiger partial charge on any atom is -0.381 e. The zero-order chi connectivity index (χ0) is 14.7. The van der Waals surface area contributed by atoms with Crippen LogP contribution in [0.25, 0.3) is 0 Å². The number of anilines is 1. The van der Waals surface area contributed by atoms with Gasteiger partial charge in [0.25, 0.3) is 5.69 Å². The van der Waals surface area contributed by atoms with Crippen LogP contribution in [0.3, 0.4) is 0 Å². The predicted octanol–water partition coefficient (Wildman–Crippen LogP) is 4.93. The molecule has 0 bridgehead atoms. The summed E-state index contributed by atoms with van der Waals surface area (Å²) in [5, 5.41) is 14.7. The summed E-state index contributed by atoms with van der Waals surface area (Å²) in [4.78, 5) is 10.5. The van der Waals surface area contributed by atoms with Crippen LogP contribution in [-0.4, -0.2) is 4.92 Å². The molecule has 4 nitrogen and oxygen atoms in total. The van der Waals surface area contributed by atoms with Gasteiger partial charge in [-0.25, -0.2) is 0 Å². The number of hydrogen-bond acceptors (Lipinski definition) is 3. The highest BCUT2D eigenvalue weighted by atomic mass is 79.9. The molecule has 20 heavy (non-hydrogen) atoms. The van der Waals surface area contributed by atoms with Crippen LogP contribution in [-0.2, 0) is 6.54 Å². The zero-order valence-electron chi connectivity index (χ0n) is 10.7. The van der Waals surface area contributed by atoms with E-state index in [9.17, 15) is 10.1 Å². The van der Waals surface area contributed by atoms with Gasteiger partial charge >= 0.3 is 0 Å². The van der Waals surface area contributed by atoms with Gasteiger partial charge in [-0.15, -0.1) is 0 Å². The van der Waals surface area contributed by atoms with Gasteiger partial charge in [-0.05, 0) is 46.6 Å². The van der Waals surface area contributed by atoms with E-state index in [0.29, 0.717) is 17.1 Å². The number of halogens is 2. The average Bonchev–Trinajstić information content (AvgIpc) is 2.41. The quantitative estimate of drug-likeness (QED) is 0.625. The van der Waals surface area contributed by atoms with Crippen molar-refractivity contribution in [3.05, 3.63) is 67.1 Å². The fourth-order valence-electron chi connectivity index (χ4n) is 1.86. The summed E-state index contributed by atoms with van der Waals surface area (Å²) in [5.74, 6) is 0. The lowest BCUT2D eigenvalue weighted by atomic mass is 10.1. The van der Waals surface area contributed by atoms with Crippen molar-refractivity contribution >= 4 is 38.9 Å². The van der Waals surface area contributed by atoms with E-state index in [-0.39, 0.29) is 10.6 Å². The Labute approximate surface area is 130 Å². The first-order valence-corrected chi connectivity index (χ1v) is 7.08. The van der Waals surface area contributed by atoms with E-state index in [4.69, 9.17) is 11.6 Å². The maximum atomic E-state index is 10.9. The Kier molecular flexibility index (Phi) is 4.62. The Bertz CT molecular complexity index is 662. The van der Waals surface area contributed by atoms with Gasteiger partial charge in [0.15, 0.2) is 0 Å². The molecule has 2 aromatic rings. The Hall–Kier alpha value is -1.59. The van der Waals surface area contributed by atoms with Crippen molar-refractivity contribution in [2.24, 2.45) is 0 Å². The number of nitro benzene ring substituents is 1. The molecule has 2 rings (SSSR count). The largest absolute Gasteiger partial charge is 0.381 e. The van der Waals surface area contributed by atoms with Crippen molar-refractivity contribution in [2.75, 3.05) is 5.32 Å². The molecular weight excluding hydrogens is 344 g/mol. The first kappa shape index (κ1) is 14.8. The molecule has 0 spiro atoms. The SMILES string of the molecule is Cc1c(CNc2ccc(Br)c(Cl)c2)cccc1[N+](=O)[O-]. The van der Waals surface area contributed by atoms with E-state index in [1.807, 2.05) is 18.2 Å². The van der Waals surface area contributed by atoms with Crippen LogP contribution >= 0.6 is 27.5 Å². The molecule has 0 radical (unpaired) electrons. The van der Waals surface area contributed by atoms with Gasteiger partial charge in [-0.2, -0.15) is 0 Å². The summed E-state index contributed by atoms with van der Waals surface area (Å²) in [5.41, 5.74) is 2.56. The molecule has 0 unspecified atom stereocenters. The molecule has 0 aliphatic heterocycles. The Balaban J connectivity index is 2.17. The minimum atomic E-state index is -0.366. The van der Waals surface area contributed by atoms with E-state index in [0.717, 1.165) is 15.7 Å². The lowest BCUT2D eigenvalue weighted by molar-refractivity contribution is -0.385. The van der Waals surface area contributed by atoms with Crippen LogP contribution in [0.15, 0.2) is 40.9 Å². The topological polar surface area (TPSA) is 55.2 Å². The molecule has 0 heterocycles. The number of nitro groups is 1. The second kappa shape index (κ2) is 6.24. The minimum absolute atomic E-state index is 0.137. The summed E-state index contributed by atoms with van der Waals surface area (Å²) in [6.45, 7) is 2.26. The molecule has 0 saturated heterocycles. The van der Waals surface area contributed by atoms with Crippen LogP contribution in [0.2, 0.25) is 5.02 Å². The van der Waals surface area contributed by atoms with Crippen LogP contribution in [0, 0.1) is 17.0 Å². The van der Waals surface area contributed by atoms with Gasteiger partial charge in [0, 0.05) is 28.3 Å². The summed E-state index contributed by atoms with van der Waals surface area (Å²) in [6, 6.07) is 10.6. The van der Waals surface area contributed by atoms with Crippen LogP contribution in [0.5, 0.6) is 0 Å². The van der Waals surface area contributed by atoms with Gasteiger partial charge in [0.2, 0.25) is 0 Å². The third-order valence-corrected chi connectivity index (χ3v) is 4.25. The standard InChI is InChI=1S/C14H12BrClN2O2/c1-9-10(3-2-4-14(9)18(19)20)8-17-11-5-6-12(15)13(16)7-11/h2-7,17H,8H2,1H3. The van der Waals surface area contributed by atoms with Crippen molar-refractivity contribution in [3.63, 3.8) is 0 Å².